The SMILES string of the molecule is CC(C)(C)[Si](C)(C)OC(c1ncc(Br)cc1F)C(F)(F)C1(O)CCC1. The van der Waals surface area contributed by atoms with Crippen LogP contribution in [-0.2, 0) is 4.43 Å². The number of alkyl halides is 2. The number of rotatable bonds is 5. The van der Waals surface area contributed by atoms with E-state index < -0.39 is 37.5 Å². The number of hydrogen-bond acceptors (Lipinski definition) is 3. The quantitative estimate of drug-likeness (QED) is 0.607. The lowest BCUT2D eigenvalue weighted by Crippen LogP contribution is -2.59. The average molecular weight is 440 g/mol. The maximum absolute atomic E-state index is 15.2. The van der Waals surface area contributed by atoms with Crippen molar-refractivity contribution in [3.63, 3.8) is 0 Å². The van der Waals surface area contributed by atoms with E-state index in [0.717, 1.165) is 6.07 Å². The van der Waals surface area contributed by atoms with Gasteiger partial charge in [0.2, 0.25) is 0 Å². The summed E-state index contributed by atoms with van der Waals surface area (Å²) in [5.74, 6) is -4.51. The molecule has 1 unspecified atom stereocenters. The third kappa shape index (κ3) is 3.82. The molecule has 1 heterocycles. The van der Waals surface area contributed by atoms with Gasteiger partial charge in [0, 0.05) is 10.7 Å². The van der Waals surface area contributed by atoms with E-state index >= 15 is 8.78 Å². The Morgan fingerprint density at radius 3 is 2.28 bits per heavy atom. The van der Waals surface area contributed by atoms with Crippen molar-refractivity contribution >= 4 is 24.2 Å². The van der Waals surface area contributed by atoms with E-state index in [9.17, 15) is 9.50 Å². The number of pyridine rings is 1. The van der Waals surface area contributed by atoms with Crippen LogP contribution < -0.4 is 0 Å². The molecule has 0 bridgehead atoms. The predicted molar refractivity (Wildman–Crippen MR) is 96.7 cm³/mol. The van der Waals surface area contributed by atoms with Crippen molar-refractivity contribution < 1.29 is 22.7 Å². The molecule has 0 radical (unpaired) electrons. The van der Waals surface area contributed by atoms with Gasteiger partial charge in [0.1, 0.15) is 17.1 Å². The van der Waals surface area contributed by atoms with Crippen molar-refractivity contribution in [2.45, 2.75) is 75.8 Å². The second kappa shape index (κ2) is 6.62. The van der Waals surface area contributed by atoms with Gasteiger partial charge in [-0.15, -0.1) is 0 Å². The Labute approximate surface area is 156 Å². The Morgan fingerprint density at radius 2 is 1.88 bits per heavy atom. The highest BCUT2D eigenvalue weighted by Crippen LogP contribution is 2.53. The highest BCUT2D eigenvalue weighted by atomic mass is 79.9. The largest absolute Gasteiger partial charge is 0.403 e. The molecule has 0 spiro atoms. The fraction of sp³-hybridized carbons (Fsp3) is 0.706. The van der Waals surface area contributed by atoms with Crippen LogP contribution in [0.15, 0.2) is 16.7 Å². The minimum Gasteiger partial charge on any atom is -0.403 e. The fourth-order valence-electron chi connectivity index (χ4n) is 2.48. The lowest BCUT2D eigenvalue weighted by atomic mass is 9.73. The van der Waals surface area contributed by atoms with Crippen LogP contribution >= 0.6 is 15.9 Å². The van der Waals surface area contributed by atoms with Gasteiger partial charge in [0.05, 0.1) is 0 Å². The number of aliphatic hydroxyl groups is 1. The summed E-state index contributed by atoms with van der Waals surface area (Å²) in [6.45, 7) is 9.38. The molecule has 2 rings (SSSR count). The van der Waals surface area contributed by atoms with Crippen molar-refractivity contribution in [3.8, 4) is 0 Å². The van der Waals surface area contributed by atoms with Crippen LogP contribution in [0.1, 0.15) is 51.8 Å². The number of hydrogen-bond donors (Lipinski definition) is 1. The standard InChI is InChI=1S/C17H25BrF3NO2Si/c1-15(2,3)25(4,5)24-14(13-12(19)9-11(18)10-22-13)17(20,21)16(23)7-6-8-16/h9-10,14,23H,6-8H2,1-5H3. The molecule has 0 aliphatic heterocycles. The molecule has 0 amide bonds. The molecule has 1 atom stereocenters. The normalized spacial score (nSPS) is 19.4. The first-order valence-electron chi connectivity index (χ1n) is 8.30. The monoisotopic (exact) mass is 439 g/mol. The third-order valence-electron chi connectivity index (χ3n) is 5.43. The van der Waals surface area contributed by atoms with Crippen molar-refractivity contribution in [2.75, 3.05) is 0 Å². The van der Waals surface area contributed by atoms with E-state index in [1.165, 1.54) is 6.20 Å². The maximum Gasteiger partial charge on any atom is 0.306 e. The first kappa shape index (κ1) is 20.9. The summed E-state index contributed by atoms with van der Waals surface area (Å²) < 4.78 is 51.2. The molecule has 1 aliphatic rings. The lowest BCUT2D eigenvalue weighted by Gasteiger charge is -2.48. The molecule has 1 fully saturated rings. The van der Waals surface area contributed by atoms with Crippen LogP contribution in [0.2, 0.25) is 18.1 Å². The Hall–Kier alpha value is -0.443. The molecule has 8 heteroatoms. The summed E-state index contributed by atoms with van der Waals surface area (Å²) in [6, 6.07) is 1.09. The summed E-state index contributed by atoms with van der Waals surface area (Å²) >= 11 is 3.08. The average Bonchev–Trinajstić information content (AvgIpc) is 2.41. The summed E-state index contributed by atoms with van der Waals surface area (Å²) in [5, 5.41) is 9.99. The molecular weight excluding hydrogens is 415 g/mol. The van der Waals surface area contributed by atoms with Crippen LogP contribution in [0.4, 0.5) is 13.2 Å². The minimum atomic E-state index is -3.64. The van der Waals surface area contributed by atoms with Crippen LogP contribution in [0, 0.1) is 5.82 Å². The predicted octanol–water partition coefficient (Wildman–Crippen LogP) is 5.60. The summed E-state index contributed by atoms with van der Waals surface area (Å²) in [6.07, 6.45) is -0.214. The highest BCUT2D eigenvalue weighted by Gasteiger charge is 2.63. The van der Waals surface area contributed by atoms with Gasteiger partial charge in [0.25, 0.3) is 0 Å². The Kier molecular flexibility index (Phi) is 5.52. The van der Waals surface area contributed by atoms with Crippen molar-refractivity contribution in [1.82, 2.24) is 4.98 Å². The van der Waals surface area contributed by atoms with Gasteiger partial charge in [-0.25, -0.2) is 13.2 Å². The van der Waals surface area contributed by atoms with E-state index in [2.05, 4.69) is 20.9 Å². The highest BCUT2D eigenvalue weighted by molar-refractivity contribution is 9.10. The molecule has 1 saturated carbocycles. The maximum atomic E-state index is 15.2. The van der Waals surface area contributed by atoms with Crippen molar-refractivity contribution in [1.29, 1.82) is 0 Å². The zero-order valence-corrected chi connectivity index (χ0v) is 17.8. The third-order valence-corrected chi connectivity index (χ3v) is 10.3. The summed E-state index contributed by atoms with van der Waals surface area (Å²) in [4.78, 5) is 3.87. The molecule has 25 heavy (non-hydrogen) atoms. The molecular formula is C17H25BrF3NO2Si. The van der Waals surface area contributed by atoms with Gasteiger partial charge < -0.3 is 9.53 Å². The molecule has 1 N–H and O–H groups in total. The topological polar surface area (TPSA) is 42.4 Å². The van der Waals surface area contributed by atoms with Crippen LogP contribution in [0.5, 0.6) is 0 Å². The molecule has 1 aliphatic carbocycles. The van der Waals surface area contributed by atoms with Crippen LogP contribution in [0.25, 0.3) is 0 Å². The fourth-order valence-corrected chi connectivity index (χ4v) is 3.99. The smallest absolute Gasteiger partial charge is 0.306 e. The van der Waals surface area contributed by atoms with Gasteiger partial charge in [-0.2, -0.15) is 0 Å². The number of aromatic nitrogens is 1. The minimum absolute atomic E-state index is 0.0322. The first-order chi connectivity index (χ1) is 11.2. The zero-order chi connectivity index (χ0) is 19.3. The Balaban J connectivity index is 2.52. The first-order valence-corrected chi connectivity index (χ1v) is 12.0. The van der Waals surface area contributed by atoms with E-state index in [1.54, 1.807) is 0 Å². The Bertz CT molecular complexity index is 645. The van der Waals surface area contributed by atoms with E-state index in [4.69, 9.17) is 4.43 Å². The molecule has 0 saturated heterocycles. The van der Waals surface area contributed by atoms with Gasteiger partial charge in [-0.05, 0) is 59.4 Å². The molecule has 3 nitrogen and oxygen atoms in total. The zero-order valence-electron chi connectivity index (χ0n) is 15.2. The molecule has 0 aromatic carbocycles. The van der Waals surface area contributed by atoms with E-state index in [-0.39, 0.29) is 17.9 Å². The van der Waals surface area contributed by atoms with Crippen LogP contribution in [-0.4, -0.2) is 29.9 Å². The van der Waals surface area contributed by atoms with E-state index in [0.29, 0.717) is 10.9 Å². The second-order valence-electron chi connectivity index (χ2n) is 8.29. The van der Waals surface area contributed by atoms with E-state index in [1.807, 2.05) is 33.9 Å². The molecule has 1 aromatic heterocycles. The Morgan fingerprint density at radius 1 is 1.32 bits per heavy atom. The molecule has 142 valence electrons. The van der Waals surface area contributed by atoms with Gasteiger partial charge in [-0.1, -0.05) is 20.8 Å². The lowest BCUT2D eigenvalue weighted by molar-refractivity contribution is -0.258. The second-order valence-corrected chi connectivity index (χ2v) is 14.0. The van der Waals surface area contributed by atoms with Crippen molar-refractivity contribution in [2.24, 2.45) is 0 Å². The van der Waals surface area contributed by atoms with Crippen LogP contribution in [0.3, 0.4) is 0 Å². The number of nitrogens with zero attached hydrogens (tertiary/aromatic N) is 1. The van der Waals surface area contributed by atoms with Gasteiger partial charge >= 0.3 is 5.92 Å². The van der Waals surface area contributed by atoms with Gasteiger partial charge in [0.15, 0.2) is 14.4 Å². The summed E-state index contributed by atoms with van der Waals surface area (Å²) in [7, 11) is -2.67. The molecule has 1 aromatic rings. The van der Waals surface area contributed by atoms with Crippen molar-refractivity contribution in [3.05, 3.63) is 28.2 Å². The number of halogens is 4. The van der Waals surface area contributed by atoms with Gasteiger partial charge in [-0.3, -0.25) is 4.98 Å². The summed E-state index contributed by atoms with van der Waals surface area (Å²) in [5.41, 5.74) is -2.64.